The van der Waals surface area contributed by atoms with Crippen LogP contribution in [-0.4, -0.2) is 60.1 Å². The van der Waals surface area contributed by atoms with Crippen molar-refractivity contribution in [2.45, 2.75) is 19.8 Å². The Morgan fingerprint density at radius 2 is 1.76 bits per heavy atom. The van der Waals surface area contributed by atoms with Gasteiger partial charge in [0.25, 0.3) is 0 Å². The van der Waals surface area contributed by atoms with Gasteiger partial charge >= 0.3 is 0 Å². The van der Waals surface area contributed by atoms with Crippen molar-refractivity contribution in [2.24, 2.45) is 5.92 Å². The van der Waals surface area contributed by atoms with Gasteiger partial charge in [0.1, 0.15) is 0 Å². The molecule has 1 amide bonds. The lowest BCUT2D eigenvalue weighted by Crippen LogP contribution is -2.51. The van der Waals surface area contributed by atoms with Crippen molar-refractivity contribution in [1.82, 2.24) is 9.80 Å². The lowest BCUT2D eigenvalue weighted by atomic mass is 9.87. The summed E-state index contributed by atoms with van der Waals surface area (Å²) in [5.41, 5.74) is 1.11. The first-order chi connectivity index (χ1) is 10.1. The largest absolute Gasteiger partial charge is 0.395 e. The van der Waals surface area contributed by atoms with Gasteiger partial charge in [-0.25, -0.2) is 0 Å². The average molecular weight is 290 g/mol. The highest BCUT2D eigenvalue weighted by atomic mass is 16.3. The van der Waals surface area contributed by atoms with E-state index < -0.39 is 0 Å². The van der Waals surface area contributed by atoms with Crippen LogP contribution in [0.15, 0.2) is 30.3 Å². The summed E-state index contributed by atoms with van der Waals surface area (Å²) < 4.78 is 0. The summed E-state index contributed by atoms with van der Waals surface area (Å²) in [6.07, 6.45) is 0. The third kappa shape index (κ3) is 4.05. The number of hydrogen-bond acceptors (Lipinski definition) is 3. The zero-order valence-corrected chi connectivity index (χ0v) is 13.0. The Hall–Kier alpha value is -1.39. The van der Waals surface area contributed by atoms with Gasteiger partial charge in [0.05, 0.1) is 12.5 Å². The number of carbonyl (C=O) groups is 1. The Morgan fingerprint density at radius 3 is 2.29 bits per heavy atom. The van der Waals surface area contributed by atoms with E-state index >= 15 is 0 Å². The summed E-state index contributed by atoms with van der Waals surface area (Å²) >= 11 is 0. The molecule has 1 atom stereocenters. The van der Waals surface area contributed by atoms with Crippen molar-refractivity contribution in [1.29, 1.82) is 0 Å². The fraction of sp³-hybridized carbons (Fsp3) is 0.588. The molecular formula is C17H26N2O2. The number of piperazine rings is 1. The minimum atomic E-state index is -0.0596. The second kappa shape index (κ2) is 7.57. The van der Waals surface area contributed by atoms with Gasteiger partial charge in [-0.3, -0.25) is 9.69 Å². The highest BCUT2D eigenvalue weighted by Crippen LogP contribution is 2.27. The van der Waals surface area contributed by atoms with Crippen LogP contribution < -0.4 is 0 Å². The van der Waals surface area contributed by atoms with E-state index in [9.17, 15) is 4.79 Å². The Labute approximate surface area is 127 Å². The molecule has 0 aromatic heterocycles. The Balaban J connectivity index is 2.03. The predicted molar refractivity (Wildman–Crippen MR) is 84.1 cm³/mol. The molecule has 116 valence electrons. The number of benzene rings is 1. The zero-order valence-electron chi connectivity index (χ0n) is 13.0. The quantitative estimate of drug-likeness (QED) is 0.895. The van der Waals surface area contributed by atoms with E-state index in [0.717, 1.165) is 31.7 Å². The molecular weight excluding hydrogens is 264 g/mol. The topological polar surface area (TPSA) is 43.8 Å². The van der Waals surface area contributed by atoms with Gasteiger partial charge in [-0.1, -0.05) is 44.2 Å². The zero-order chi connectivity index (χ0) is 15.2. The van der Waals surface area contributed by atoms with Crippen LogP contribution in [-0.2, 0) is 4.79 Å². The smallest absolute Gasteiger partial charge is 0.230 e. The van der Waals surface area contributed by atoms with Gasteiger partial charge < -0.3 is 10.0 Å². The summed E-state index contributed by atoms with van der Waals surface area (Å²) in [6, 6.07) is 10.1. The third-order valence-electron chi connectivity index (χ3n) is 4.19. The molecule has 0 radical (unpaired) electrons. The molecule has 1 aliphatic heterocycles. The van der Waals surface area contributed by atoms with Gasteiger partial charge in [-0.2, -0.15) is 0 Å². The van der Waals surface area contributed by atoms with E-state index in [1.165, 1.54) is 0 Å². The number of amides is 1. The molecule has 0 unspecified atom stereocenters. The molecule has 0 spiro atoms. The van der Waals surface area contributed by atoms with E-state index in [1.54, 1.807) is 0 Å². The van der Waals surface area contributed by atoms with E-state index in [1.807, 2.05) is 35.2 Å². The molecule has 2 rings (SSSR count). The van der Waals surface area contributed by atoms with Crippen LogP contribution in [0.2, 0.25) is 0 Å². The Bertz CT molecular complexity index is 439. The van der Waals surface area contributed by atoms with Crippen molar-refractivity contribution in [3.63, 3.8) is 0 Å². The Morgan fingerprint density at radius 1 is 1.14 bits per heavy atom. The number of aliphatic hydroxyl groups is 1. The molecule has 1 fully saturated rings. The van der Waals surface area contributed by atoms with Crippen LogP contribution in [0.4, 0.5) is 0 Å². The first-order valence-electron chi connectivity index (χ1n) is 7.80. The summed E-state index contributed by atoms with van der Waals surface area (Å²) in [5, 5.41) is 8.98. The maximum Gasteiger partial charge on any atom is 0.230 e. The van der Waals surface area contributed by atoms with Crippen LogP contribution in [0.25, 0.3) is 0 Å². The molecule has 1 heterocycles. The van der Waals surface area contributed by atoms with E-state index in [4.69, 9.17) is 5.11 Å². The predicted octanol–water partition coefficient (Wildman–Crippen LogP) is 1.56. The molecule has 1 aromatic carbocycles. The molecule has 1 N–H and O–H groups in total. The standard InChI is InChI=1S/C17H26N2O2/c1-14(2)16(15-6-4-3-5-7-15)17(21)19-10-8-18(9-11-19)12-13-20/h3-7,14,16,20H,8-13H2,1-2H3/t16-/m1/s1. The molecule has 0 aliphatic carbocycles. The second-order valence-corrected chi connectivity index (χ2v) is 6.02. The van der Waals surface area contributed by atoms with Crippen molar-refractivity contribution in [2.75, 3.05) is 39.3 Å². The minimum absolute atomic E-state index is 0.0596. The first kappa shape index (κ1) is 16.0. The fourth-order valence-corrected chi connectivity index (χ4v) is 3.00. The number of rotatable bonds is 5. The minimum Gasteiger partial charge on any atom is -0.395 e. The number of β-amino-alcohol motifs (C(OH)–C–C–N with tert-alkyl or cyclic N) is 1. The fourth-order valence-electron chi connectivity index (χ4n) is 3.00. The third-order valence-corrected chi connectivity index (χ3v) is 4.19. The van der Waals surface area contributed by atoms with Gasteiger partial charge in [0.2, 0.25) is 5.91 Å². The number of hydrogen-bond donors (Lipinski definition) is 1. The average Bonchev–Trinajstić information content (AvgIpc) is 2.49. The van der Waals surface area contributed by atoms with Gasteiger partial charge in [0.15, 0.2) is 0 Å². The lowest BCUT2D eigenvalue weighted by Gasteiger charge is -2.37. The molecule has 1 saturated heterocycles. The van der Waals surface area contributed by atoms with E-state index in [0.29, 0.717) is 6.54 Å². The maximum absolute atomic E-state index is 12.9. The van der Waals surface area contributed by atoms with Crippen LogP contribution in [0.5, 0.6) is 0 Å². The SMILES string of the molecule is CC(C)[C@@H](C(=O)N1CCN(CCO)CC1)c1ccccc1. The van der Waals surface area contributed by atoms with Crippen LogP contribution in [0.3, 0.4) is 0 Å². The van der Waals surface area contributed by atoms with Crippen LogP contribution >= 0.6 is 0 Å². The number of carbonyl (C=O) groups excluding carboxylic acids is 1. The van der Waals surface area contributed by atoms with Crippen molar-refractivity contribution < 1.29 is 9.90 Å². The highest BCUT2D eigenvalue weighted by Gasteiger charge is 2.30. The van der Waals surface area contributed by atoms with Gasteiger partial charge in [-0.15, -0.1) is 0 Å². The number of nitrogens with zero attached hydrogens (tertiary/aromatic N) is 2. The second-order valence-electron chi connectivity index (χ2n) is 6.02. The van der Waals surface area contributed by atoms with Crippen LogP contribution in [0.1, 0.15) is 25.3 Å². The lowest BCUT2D eigenvalue weighted by molar-refractivity contribution is -0.135. The summed E-state index contributed by atoms with van der Waals surface area (Å²) in [6.45, 7) is 8.33. The summed E-state index contributed by atoms with van der Waals surface area (Å²) in [5.74, 6) is 0.464. The highest BCUT2D eigenvalue weighted by molar-refractivity contribution is 5.84. The molecule has 0 saturated carbocycles. The van der Waals surface area contributed by atoms with Gasteiger partial charge in [-0.05, 0) is 11.5 Å². The number of aliphatic hydroxyl groups excluding tert-OH is 1. The monoisotopic (exact) mass is 290 g/mol. The van der Waals surface area contributed by atoms with Crippen molar-refractivity contribution in [3.8, 4) is 0 Å². The molecule has 4 nitrogen and oxygen atoms in total. The van der Waals surface area contributed by atoms with E-state index in [2.05, 4.69) is 18.7 Å². The molecule has 1 aliphatic rings. The van der Waals surface area contributed by atoms with Gasteiger partial charge in [0, 0.05) is 32.7 Å². The molecule has 0 bridgehead atoms. The molecule has 21 heavy (non-hydrogen) atoms. The molecule has 1 aromatic rings. The molecule has 4 heteroatoms. The Kier molecular flexibility index (Phi) is 5.76. The normalized spacial score (nSPS) is 18.0. The van der Waals surface area contributed by atoms with E-state index in [-0.39, 0.29) is 24.3 Å². The van der Waals surface area contributed by atoms with Crippen molar-refractivity contribution in [3.05, 3.63) is 35.9 Å². The van der Waals surface area contributed by atoms with Crippen LogP contribution in [0, 0.1) is 5.92 Å². The van der Waals surface area contributed by atoms with Crippen molar-refractivity contribution >= 4 is 5.91 Å². The first-order valence-corrected chi connectivity index (χ1v) is 7.80. The maximum atomic E-state index is 12.9. The summed E-state index contributed by atoms with van der Waals surface area (Å²) in [7, 11) is 0. The summed E-state index contributed by atoms with van der Waals surface area (Å²) in [4.78, 5) is 17.0.